The molecule has 2 aliphatic rings. The van der Waals surface area contributed by atoms with Crippen LogP contribution in [0.1, 0.15) is 160 Å². The van der Waals surface area contributed by atoms with Crippen LogP contribution in [-0.4, -0.2) is 292 Å². The van der Waals surface area contributed by atoms with Gasteiger partial charge in [-0.2, -0.15) is 0 Å². The molecule has 2 unspecified atom stereocenters. The SMILES string of the molecule is CCCC[C@H]1C(=O)N(C)[C@@H](CCCC)C(=O)C[C@@H](CCCNC(=N)N)C(=O)N[C@H](C(=O)CCC(N)=O)CS(=O)CC(=O)N[C@@H](Cc2ccccc2)C(=O)N(C)[C@@H](C)C(=O)N[C@@H](CC(N)=O)C(=O)N2CCCC2C(=O)C[C@@H](Cc2cnc[nH]2)C(=O)N[C@@H](CC(C)C)C(=O)N(C)CC(=O)N[C@@H](Cc2c[nH]c3ccccc23)C(=O)N[C@@H](CO)C(=O)N[C@@H](Cc2c[nH]c3ccccc23)C(=O)N1C. The van der Waals surface area contributed by atoms with Crippen molar-refractivity contribution >= 4 is 139 Å². The number of H-pyrrole nitrogens is 3. The Kier molecular flexibility index (Phi) is 40.4. The number of fused-ring (bicyclic) bond motifs is 3. The maximum Gasteiger partial charge on any atom is 0.246 e. The van der Waals surface area contributed by atoms with Crippen molar-refractivity contribution in [2.45, 2.75) is 229 Å². The van der Waals surface area contributed by atoms with E-state index < -0.39 is 252 Å². The summed E-state index contributed by atoms with van der Waals surface area (Å²) >= 11 is 0. The number of hydrogen-bond acceptors (Lipinski definition) is 21. The molecule has 41 heteroatoms. The fourth-order valence-electron chi connectivity index (χ4n) is 16.7. The van der Waals surface area contributed by atoms with Crippen LogP contribution < -0.4 is 59.7 Å². The fourth-order valence-corrected chi connectivity index (χ4v) is 17.8. The maximum atomic E-state index is 15.7. The van der Waals surface area contributed by atoms with Crippen LogP contribution in [0.5, 0.6) is 0 Å². The van der Waals surface area contributed by atoms with E-state index in [1.54, 1.807) is 105 Å². The van der Waals surface area contributed by atoms with E-state index in [4.69, 9.17) is 22.6 Å². The Hall–Kier alpha value is -13.1. The van der Waals surface area contributed by atoms with Crippen LogP contribution in [0, 0.1) is 23.2 Å². The molecule has 6 aromatic rings. The summed E-state index contributed by atoms with van der Waals surface area (Å²) in [5.74, 6) is -20.0. The fraction of sp³-hybridized carbons (Fsp3) is 0.533. The van der Waals surface area contributed by atoms with Gasteiger partial charge >= 0.3 is 0 Å². The van der Waals surface area contributed by atoms with Gasteiger partial charge in [0.25, 0.3) is 0 Å². The smallest absolute Gasteiger partial charge is 0.246 e. The summed E-state index contributed by atoms with van der Waals surface area (Å²) in [4.78, 5) is 268. The first kappa shape index (κ1) is 105. The van der Waals surface area contributed by atoms with Gasteiger partial charge in [0.2, 0.25) is 82.7 Å². The Morgan fingerprint density at radius 1 is 0.564 bits per heavy atom. The zero-order chi connectivity index (χ0) is 97.4. The van der Waals surface area contributed by atoms with Crippen molar-refractivity contribution in [3.8, 4) is 0 Å². The Morgan fingerprint density at radius 2 is 1.12 bits per heavy atom. The standard InChI is InChI=1S/C92H129N21O19S/c1-10-12-30-72-76(116)42-56(25-21-35-98-92(95)96)83(123)108-71(75(115)33-34-78(93)118)50-133(132)51-81(121)103-67(38-55-23-15-14-16-24-55)88(128)110(7)54(5)82(122)104-69(44-79(94)119)90(130)113-36-22-32-73(113)77(117)43-57(39-60-47-97-52-101-60)84(124)105-66(37-53(3)4)87(127)109(6)48-80(120)102-65(40-58-45-99-63-28-19-17-26-61(58)63)85(125)107-70(49-114)86(126)106-68(41-59-46-100-64-29-20-18-27-62(59)64)89(129)112(9)74(31-13-11-2)91(131)111(72)8/h14-20,23-24,26-29,45-47,52-54,56-57,65-74,99-100,114H,10-13,21-22,25,30-44,48-51H2,1-9H3,(H2,93,118)(H2,94,119)(H,97,101)(H,102,120)(H,103,121)(H,104,122)(H,105,124)(H,106,126)(H,107,125)(H,108,123)(H4,95,96,98)/t54-,56+,57+,65-,66-,67-,68-,69-,70-,71-,72-,73?,74-,133?/m0/s1. The van der Waals surface area contributed by atoms with Crippen LogP contribution >= 0.6 is 0 Å². The van der Waals surface area contributed by atoms with Gasteiger partial charge in [-0.3, -0.25) is 91.1 Å². The van der Waals surface area contributed by atoms with Crippen molar-refractivity contribution in [2.24, 2.45) is 35.0 Å². The number of nitrogens with two attached hydrogens (primary N) is 3. The minimum absolute atomic E-state index is 0.00365. The number of primary amides is 2. The van der Waals surface area contributed by atoms with Gasteiger partial charge in [-0.1, -0.05) is 120 Å². The number of para-hydroxylation sites is 2. The van der Waals surface area contributed by atoms with E-state index >= 15 is 28.8 Å². The largest absolute Gasteiger partial charge is 0.394 e. The van der Waals surface area contributed by atoms with Crippen LogP contribution in [0.2, 0.25) is 0 Å². The highest BCUT2D eigenvalue weighted by atomic mass is 32.2. The molecule has 0 radical (unpaired) electrons. The van der Waals surface area contributed by atoms with Crippen molar-refractivity contribution < 1.29 is 90.8 Å². The van der Waals surface area contributed by atoms with E-state index in [1.807, 2.05) is 13.8 Å². The van der Waals surface area contributed by atoms with Crippen molar-refractivity contribution in [1.82, 2.24) is 87.0 Å². The third-order valence-electron chi connectivity index (χ3n) is 24.1. The number of hydrogen-bond donors (Lipinski definition) is 16. The average molecular weight is 1870 g/mol. The van der Waals surface area contributed by atoms with E-state index in [1.165, 1.54) is 52.5 Å². The zero-order valence-corrected chi connectivity index (χ0v) is 77.7. The summed E-state index contributed by atoms with van der Waals surface area (Å²) in [6, 6.07) is 5.74. The first-order valence-electron chi connectivity index (χ1n) is 45.1. The topological polar surface area (TPSA) is 602 Å². The number of benzene rings is 3. The second-order valence-corrected chi connectivity index (χ2v) is 36.3. The number of amides is 14. The lowest BCUT2D eigenvalue weighted by atomic mass is 9.90. The minimum atomic E-state index is -2.41. The highest BCUT2D eigenvalue weighted by Crippen LogP contribution is 2.29. The lowest BCUT2D eigenvalue weighted by Crippen LogP contribution is -2.60. The van der Waals surface area contributed by atoms with Gasteiger partial charge in [0, 0.05) is 155 Å². The Balaban J connectivity index is 1.19. The summed E-state index contributed by atoms with van der Waals surface area (Å²) in [5.41, 5.74) is 20.1. The first-order chi connectivity index (χ1) is 63.3. The summed E-state index contributed by atoms with van der Waals surface area (Å²) in [5, 5.41) is 41.6. The monoisotopic (exact) mass is 1860 g/mol. The van der Waals surface area contributed by atoms with Gasteiger partial charge in [-0.05, 0) is 86.6 Å². The Bertz CT molecular complexity index is 5140. The molecular weight excluding hydrogens is 1740 g/mol. The quantitative estimate of drug-likeness (QED) is 0.0187. The van der Waals surface area contributed by atoms with Crippen molar-refractivity contribution in [1.29, 1.82) is 5.41 Å². The van der Waals surface area contributed by atoms with Gasteiger partial charge in [0.1, 0.15) is 54.1 Å². The van der Waals surface area contributed by atoms with Gasteiger partial charge in [0.05, 0.1) is 55.7 Å². The van der Waals surface area contributed by atoms with E-state index in [9.17, 15) is 62.1 Å². The summed E-state index contributed by atoms with van der Waals surface area (Å²) in [6.45, 7) is 6.68. The molecule has 133 heavy (non-hydrogen) atoms. The minimum Gasteiger partial charge on any atom is -0.394 e. The normalized spacial score (nSPS) is 24.1. The molecule has 0 aliphatic carbocycles. The molecule has 722 valence electrons. The average Bonchev–Trinajstić information content (AvgIpc) is 1.69. The number of carbonyl (C=O) groups excluding carboxylic acids is 17. The molecule has 14 atom stereocenters. The first-order valence-corrected chi connectivity index (χ1v) is 46.6. The molecule has 0 spiro atoms. The molecule has 8 rings (SSSR count). The summed E-state index contributed by atoms with van der Waals surface area (Å²) < 4.78 is 14.5. The molecule has 0 saturated carbocycles. The van der Waals surface area contributed by atoms with Gasteiger partial charge in [-0.15, -0.1) is 0 Å². The number of nitrogens with zero attached hydrogens (tertiary/aromatic N) is 6. The number of aliphatic hydroxyl groups excluding tert-OH is 1. The number of Topliss-reactive ketones (excluding diaryl/α,β-unsaturated/α-hetero) is 3. The molecular formula is C92H129N21O19S. The van der Waals surface area contributed by atoms with E-state index in [0.29, 0.717) is 69.9 Å². The number of unbranched alkanes of at least 4 members (excludes halogenated alkanes) is 2. The third-order valence-corrected chi connectivity index (χ3v) is 25.4. The number of imidazole rings is 1. The van der Waals surface area contributed by atoms with Crippen molar-refractivity contribution in [2.75, 3.05) is 65.9 Å². The summed E-state index contributed by atoms with van der Waals surface area (Å²) in [7, 11) is 2.84. The molecule has 2 saturated heterocycles. The predicted octanol–water partition coefficient (Wildman–Crippen LogP) is 0.292. The number of aliphatic hydroxyl groups is 1. The van der Waals surface area contributed by atoms with E-state index in [2.05, 4.69) is 62.5 Å². The van der Waals surface area contributed by atoms with E-state index in [-0.39, 0.29) is 89.6 Å². The molecule has 3 aromatic heterocycles. The van der Waals surface area contributed by atoms with Crippen LogP contribution in [0.4, 0.5) is 0 Å². The number of likely N-dealkylation sites (N-methyl/N-ethyl adjacent to an activating group) is 4. The molecule has 40 nitrogen and oxygen atoms in total. The molecule has 3 aromatic carbocycles. The van der Waals surface area contributed by atoms with Crippen LogP contribution in [0.15, 0.2) is 104 Å². The third kappa shape index (κ3) is 30.8. The highest BCUT2D eigenvalue weighted by molar-refractivity contribution is 7.85. The molecule has 14 amide bonds. The van der Waals surface area contributed by atoms with E-state index in [0.717, 1.165) is 19.6 Å². The number of aromatic nitrogens is 4. The molecule has 5 heterocycles. The number of aromatic amines is 3. The van der Waals surface area contributed by atoms with Crippen molar-refractivity contribution in [3.05, 3.63) is 126 Å². The number of carbonyl (C=O) groups is 17. The molecule has 0 bridgehead atoms. The maximum absolute atomic E-state index is 15.7. The van der Waals surface area contributed by atoms with Gasteiger partial charge in [-0.25, -0.2) is 4.98 Å². The van der Waals surface area contributed by atoms with Gasteiger partial charge < -0.3 is 104 Å². The Labute approximate surface area is 774 Å². The molecule has 19 N–H and O–H groups in total. The predicted molar refractivity (Wildman–Crippen MR) is 494 cm³/mol. The lowest BCUT2D eigenvalue weighted by Gasteiger charge is -2.36. The Morgan fingerprint density at radius 3 is 1.72 bits per heavy atom. The lowest BCUT2D eigenvalue weighted by molar-refractivity contribution is -0.149. The highest BCUT2D eigenvalue weighted by Gasteiger charge is 2.44. The molecule has 2 aliphatic heterocycles. The zero-order valence-electron chi connectivity index (χ0n) is 76.9. The number of nitrogens with one attached hydrogen (secondary N) is 12. The number of guanidine groups is 1. The van der Waals surface area contributed by atoms with Crippen LogP contribution in [-0.2, 0) is 118 Å². The number of rotatable bonds is 27. The second kappa shape index (κ2) is 51.1. The molecule has 2 fully saturated rings. The van der Waals surface area contributed by atoms with Gasteiger partial charge in [0.15, 0.2) is 23.3 Å². The summed E-state index contributed by atoms with van der Waals surface area (Å²) in [6.07, 6.45) is 4.07. The van der Waals surface area contributed by atoms with Crippen LogP contribution in [0.25, 0.3) is 21.8 Å². The number of ketones is 3. The van der Waals surface area contributed by atoms with Crippen molar-refractivity contribution in [3.63, 3.8) is 0 Å². The second-order valence-electron chi connectivity index (χ2n) is 34.8. The van der Waals surface area contributed by atoms with Crippen LogP contribution in [0.3, 0.4) is 0 Å².